The summed E-state index contributed by atoms with van der Waals surface area (Å²) in [5.41, 5.74) is 0.389. The number of carbonyl (C=O) groups is 2. The molecule has 148 valence electrons. The van der Waals surface area contributed by atoms with Crippen LogP contribution in [0.5, 0.6) is 0 Å². The van der Waals surface area contributed by atoms with E-state index in [2.05, 4.69) is 10.2 Å². The summed E-state index contributed by atoms with van der Waals surface area (Å²) in [7, 11) is 0. The summed E-state index contributed by atoms with van der Waals surface area (Å²) in [6, 6.07) is 2.39. The number of nitrogens with one attached hydrogen (secondary N) is 1. The highest BCUT2D eigenvalue weighted by atomic mass is 16.5. The minimum atomic E-state index is -0.213. The van der Waals surface area contributed by atoms with Gasteiger partial charge in [-0.15, -0.1) is 0 Å². The van der Waals surface area contributed by atoms with Crippen LogP contribution in [0.15, 0.2) is 23.0 Å². The molecule has 7 heteroatoms. The number of ether oxygens (including phenoxy) is 1. The van der Waals surface area contributed by atoms with Crippen molar-refractivity contribution in [1.82, 2.24) is 15.1 Å². The molecule has 1 spiro atoms. The molecule has 1 atom stereocenters. The Bertz CT molecular complexity index is 663. The zero-order chi connectivity index (χ0) is 18.9. The average Bonchev–Trinajstić information content (AvgIpc) is 3.33. The quantitative estimate of drug-likeness (QED) is 0.878. The highest BCUT2D eigenvalue weighted by Gasteiger charge is 2.46. The number of hydrogen-bond acceptors (Lipinski definition) is 4. The number of likely N-dealkylation sites (tertiary alicyclic amines) is 1. The molecule has 1 N–H and O–H groups in total. The number of furan rings is 1. The van der Waals surface area contributed by atoms with Crippen molar-refractivity contribution in [2.45, 2.75) is 63.1 Å². The van der Waals surface area contributed by atoms with Gasteiger partial charge in [-0.05, 0) is 51.5 Å². The normalized spacial score (nSPS) is 24.6. The second-order valence-electron chi connectivity index (χ2n) is 7.96. The standard InChI is InChI=1S/C20H29N3O4/c1-2-21-19(25)23(16-3-4-16)17-6-12-27-20(13-17)7-9-22(10-8-20)18(24)15-5-11-26-14-15/h5,11,14,16-17H,2-4,6-10,12-13H2,1H3,(H,21,25). The minimum absolute atomic E-state index is 0.0212. The van der Waals surface area contributed by atoms with Gasteiger partial charge in [-0.2, -0.15) is 0 Å². The Labute approximate surface area is 160 Å². The molecule has 1 aromatic rings. The van der Waals surface area contributed by atoms with Crippen LogP contribution in [0.25, 0.3) is 0 Å². The maximum atomic E-state index is 12.6. The van der Waals surface area contributed by atoms with E-state index in [9.17, 15) is 9.59 Å². The first-order valence-electron chi connectivity index (χ1n) is 10.1. The van der Waals surface area contributed by atoms with Crippen LogP contribution in [0.4, 0.5) is 4.79 Å². The van der Waals surface area contributed by atoms with E-state index >= 15 is 0 Å². The van der Waals surface area contributed by atoms with Crippen LogP contribution in [0.3, 0.4) is 0 Å². The SMILES string of the molecule is CCNC(=O)N(C1CC1)C1CCOC2(CCN(C(=O)c3ccoc3)CC2)C1. The molecule has 1 saturated carbocycles. The van der Waals surface area contributed by atoms with E-state index in [1.165, 1.54) is 12.5 Å². The molecule has 2 aliphatic heterocycles. The molecule has 0 radical (unpaired) electrons. The van der Waals surface area contributed by atoms with Gasteiger partial charge in [0.25, 0.3) is 5.91 Å². The fourth-order valence-electron chi connectivity index (χ4n) is 4.50. The van der Waals surface area contributed by atoms with Crippen molar-refractivity contribution in [3.63, 3.8) is 0 Å². The molecule has 1 aliphatic carbocycles. The summed E-state index contributed by atoms with van der Waals surface area (Å²) in [6.07, 6.45) is 8.65. The highest BCUT2D eigenvalue weighted by Crippen LogP contribution is 2.40. The first-order chi connectivity index (χ1) is 13.1. The Morgan fingerprint density at radius 1 is 1.26 bits per heavy atom. The van der Waals surface area contributed by atoms with Gasteiger partial charge in [0, 0.05) is 38.3 Å². The van der Waals surface area contributed by atoms with Gasteiger partial charge in [0.05, 0.1) is 17.4 Å². The Morgan fingerprint density at radius 2 is 2.04 bits per heavy atom. The van der Waals surface area contributed by atoms with E-state index in [-0.39, 0.29) is 23.6 Å². The summed E-state index contributed by atoms with van der Waals surface area (Å²) in [5, 5.41) is 2.98. The summed E-state index contributed by atoms with van der Waals surface area (Å²) in [4.78, 5) is 29.1. The van der Waals surface area contributed by atoms with E-state index < -0.39 is 0 Å². The largest absolute Gasteiger partial charge is 0.472 e. The Kier molecular flexibility index (Phi) is 5.12. The first kappa shape index (κ1) is 18.3. The van der Waals surface area contributed by atoms with Gasteiger partial charge in [-0.3, -0.25) is 4.79 Å². The molecule has 0 aromatic carbocycles. The van der Waals surface area contributed by atoms with E-state index in [0.29, 0.717) is 37.8 Å². The van der Waals surface area contributed by atoms with Crippen LogP contribution in [-0.2, 0) is 4.74 Å². The smallest absolute Gasteiger partial charge is 0.317 e. The molecule has 27 heavy (non-hydrogen) atoms. The molecule has 3 fully saturated rings. The maximum absolute atomic E-state index is 12.6. The zero-order valence-electron chi connectivity index (χ0n) is 16.0. The van der Waals surface area contributed by atoms with E-state index in [1.54, 1.807) is 6.07 Å². The molecule has 3 heterocycles. The van der Waals surface area contributed by atoms with E-state index in [4.69, 9.17) is 9.15 Å². The van der Waals surface area contributed by atoms with Crippen LogP contribution >= 0.6 is 0 Å². The van der Waals surface area contributed by atoms with Crippen molar-refractivity contribution in [2.24, 2.45) is 0 Å². The lowest BCUT2D eigenvalue weighted by molar-refractivity contribution is -0.126. The molecular weight excluding hydrogens is 346 g/mol. The van der Waals surface area contributed by atoms with Gasteiger partial charge in [0.2, 0.25) is 0 Å². The average molecular weight is 375 g/mol. The zero-order valence-corrected chi connectivity index (χ0v) is 16.0. The fraction of sp³-hybridized carbons (Fsp3) is 0.700. The van der Waals surface area contributed by atoms with Crippen molar-refractivity contribution in [3.8, 4) is 0 Å². The number of amides is 3. The minimum Gasteiger partial charge on any atom is -0.472 e. The molecule has 4 rings (SSSR count). The topological polar surface area (TPSA) is 75.0 Å². The Morgan fingerprint density at radius 3 is 2.67 bits per heavy atom. The number of nitrogens with zero attached hydrogens (tertiary/aromatic N) is 2. The van der Waals surface area contributed by atoms with Gasteiger partial charge in [0.1, 0.15) is 6.26 Å². The third-order valence-corrected chi connectivity index (χ3v) is 6.09. The Balaban J connectivity index is 1.39. The second-order valence-corrected chi connectivity index (χ2v) is 7.96. The Hall–Kier alpha value is -2.02. The monoisotopic (exact) mass is 375 g/mol. The number of rotatable bonds is 4. The summed E-state index contributed by atoms with van der Waals surface area (Å²) in [5.74, 6) is 0.0212. The van der Waals surface area contributed by atoms with Crippen LogP contribution in [0.2, 0.25) is 0 Å². The summed E-state index contributed by atoms with van der Waals surface area (Å²) < 4.78 is 11.3. The summed E-state index contributed by atoms with van der Waals surface area (Å²) >= 11 is 0. The molecular formula is C20H29N3O4. The van der Waals surface area contributed by atoms with Crippen molar-refractivity contribution in [3.05, 3.63) is 24.2 Å². The predicted molar refractivity (Wildman–Crippen MR) is 99.5 cm³/mol. The summed E-state index contributed by atoms with van der Waals surface area (Å²) in [6.45, 7) is 4.66. The van der Waals surface area contributed by atoms with Crippen molar-refractivity contribution >= 4 is 11.9 Å². The van der Waals surface area contributed by atoms with Crippen molar-refractivity contribution in [1.29, 1.82) is 0 Å². The first-order valence-corrected chi connectivity index (χ1v) is 10.1. The molecule has 3 aliphatic rings. The fourth-order valence-corrected chi connectivity index (χ4v) is 4.50. The molecule has 1 aromatic heterocycles. The second kappa shape index (κ2) is 7.54. The van der Waals surface area contributed by atoms with Gasteiger partial charge in [-0.1, -0.05) is 0 Å². The van der Waals surface area contributed by atoms with E-state index in [0.717, 1.165) is 38.5 Å². The number of piperidine rings is 1. The third kappa shape index (κ3) is 3.83. The van der Waals surface area contributed by atoms with Crippen LogP contribution in [0, 0.1) is 0 Å². The van der Waals surface area contributed by atoms with Gasteiger partial charge in [0.15, 0.2) is 0 Å². The third-order valence-electron chi connectivity index (χ3n) is 6.09. The van der Waals surface area contributed by atoms with Crippen molar-refractivity contribution < 1.29 is 18.7 Å². The molecule has 3 amide bonds. The maximum Gasteiger partial charge on any atom is 0.317 e. The highest BCUT2D eigenvalue weighted by molar-refractivity contribution is 5.93. The molecule has 0 bridgehead atoms. The van der Waals surface area contributed by atoms with Gasteiger partial charge >= 0.3 is 6.03 Å². The lowest BCUT2D eigenvalue weighted by Gasteiger charge is -2.48. The molecule has 7 nitrogen and oxygen atoms in total. The van der Waals surface area contributed by atoms with E-state index in [1.807, 2.05) is 11.8 Å². The van der Waals surface area contributed by atoms with Crippen LogP contribution < -0.4 is 5.32 Å². The predicted octanol–water partition coefficient (Wildman–Crippen LogP) is 2.63. The van der Waals surface area contributed by atoms with Gasteiger partial charge in [-0.25, -0.2) is 4.79 Å². The number of carbonyl (C=O) groups excluding carboxylic acids is 2. The number of hydrogen-bond donors (Lipinski definition) is 1. The number of urea groups is 1. The lowest BCUT2D eigenvalue weighted by atomic mass is 9.81. The van der Waals surface area contributed by atoms with Crippen LogP contribution in [-0.4, -0.2) is 65.7 Å². The van der Waals surface area contributed by atoms with Gasteiger partial charge < -0.3 is 24.3 Å². The van der Waals surface area contributed by atoms with Crippen LogP contribution in [0.1, 0.15) is 55.8 Å². The van der Waals surface area contributed by atoms with Crippen molar-refractivity contribution in [2.75, 3.05) is 26.2 Å². The molecule has 2 saturated heterocycles. The lowest BCUT2D eigenvalue weighted by Crippen LogP contribution is -2.57. The molecule has 1 unspecified atom stereocenters.